The summed E-state index contributed by atoms with van der Waals surface area (Å²) >= 11 is 1.58. The molecule has 0 aliphatic rings. The van der Waals surface area contributed by atoms with Crippen LogP contribution in [0, 0.1) is 20.8 Å². The first-order valence-corrected chi connectivity index (χ1v) is 10.2. The fraction of sp³-hybridized carbons (Fsp3) is 0.200. The lowest BCUT2D eigenvalue weighted by atomic mass is 10.1. The maximum Gasteiger partial charge on any atom is 0.204 e. The number of nitrogens with zero attached hydrogens (tertiary/aromatic N) is 8. The molecule has 9 nitrogen and oxygen atoms in total. The number of fused-ring (bicyclic) bond motifs is 5. The first-order chi connectivity index (χ1) is 14.5. The Morgan fingerprint density at radius 2 is 1.97 bits per heavy atom. The fourth-order valence-corrected chi connectivity index (χ4v) is 4.95. The monoisotopic (exact) mass is 416 g/mol. The zero-order valence-corrected chi connectivity index (χ0v) is 17.5. The lowest BCUT2D eigenvalue weighted by molar-refractivity contribution is 0.434. The van der Waals surface area contributed by atoms with E-state index in [9.17, 15) is 0 Å². The smallest absolute Gasteiger partial charge is 0.204 e. The first-order valence-electron chi connectivity index (χ1n) is 9.37. The van der Waals surface area contributed by atoms with Crippen LogP contribution in [0.3, 0.4) is 0 Å². The standard InChI is InChI=1S/C20H16N8OS/c1-9-5-10(2)23-20-15(9)16-17(30-20)19-24-18(25-28(19)8-21-16)13-6-14(29-26-13)12-7-22-27(4)11(12)3/h5-8H,1-4H3. The van der Waals surface area contributed by atoms with Crippen molar-refractivity contribution < 1.29 is 4.52 Å². The Hall–Kier alpha value is -3.66. The van der Waals surface area contributed by atoms with Crippen LogP contribution >= 0.6 is 11.3 Å². The van der Waals surface area contributed by atoms with Crippen LogP contribution in [-0.4, -0.2) is 39.5 Å². The maximum absolute atomic E-state index is 5.54. The summed E-state index contributed by atoms with van der Waals surface area (Å²) < 4.78 is 9.98. The van der Waals surface area contributed by atoms with E-state index >= 15 is 0 Å². The molecule has 0 saturated carbocycles. The van der Waals surface area contributed by atoms with Crippen LogP contribution < -0.4 is 0 Å². The second-order valence-electron chi connectivity index (χ2n) is 7.33. The highest BCUT2D eigenvalue weighted by Gasteiger charge is 2.19. The van der Waals surface area contributed by atoms with Crippen LogP contribution in [0.5, 0.6) is 0 Å². The van der Waals surface area contributed by atoms with Crippen molar-refractivity contribution >= 4 is 37.4 Å². The fourth-order valence-electron chi connectivity index (χ4n) is 3.73. The molecule has 30 heavy (non-hydrogen) atoms. The van der Waals surface area contributed by atoms with Gasteiger partial charge in [0.05, 0.1) is 17.3 Å². The molecule has 0 fully saturated rings. The quantitative estimate of drug-likeness (QED) is 0.422. The summed E-state index contributed by atoms with van der Waals surface area (Å²) in [6, 6.07) is 3.91. The van der Waals surface area contributed by atoms with Crippen LogP contribution in [0.2, 0.25) is 0 Å². The molecule has 0 aliphatic heterocycles. The maximum atomic E-state index is 5.54. The molecule has 6 heterocycles. The van der Waals surface area contributed by atoms with Crippen LogP contribution in [0.15, 0.2) is 29.2 Å². The zero-order valence-electron chi connectivity index (χ0n) is 16.7. The summed E-state index contributed by atoms with van der Waals surface area (Å²) in [6.07, 6.45) is 3.45. The molecule has 0 N–H and O–H groups in total. The zero-order chi connectivity index (χ0) is 20.6. The second-order valence-corrected chi connectivity index (χ2v) is 8.33. The molecular formula is C20H16N8OS. The molecule has 6 aromatic rings. The average molecular weight is 416 g/mol. The highest BCUT2D eigenvalue weighted by Crippen LogP contribution is 2.36. The molecule has 0 atom stereocenters. The Balaban J connectivity index is 1.53. The summed E-state index contributed by atoms with van der Waals surface area (Å²) in [5.74, 6) is 1.12. The molecular weight excluding hydrogens is 400 g/mol. The largest absolute Gasteiger partial charge is 0.355 e. The van der Waals surface area contributed by atoms with Crippen LogP contribution in [0.25, 0.3) is 48.9 Å². The number of hydrogen-bond donors (Lipinski definition) is 0. The Morgan fingerprint density at radius 1 is 1.10 bits per heavy atom. The van der Waals surface area contributed by atoms with Crippen LogP contribution in [-0.2, 0) is 7.05 Å². The Morgan fingerprint density at radius 3 is 2.77 bits per heavy atom. The van der Waals surface area contributed by atoms with Gasteiger partial charge in [-0.1, -0.05) is 5.16 Å². The van der Waals surface area contributed by atoms with Gasteiger partial charge < -0.3 is 4.52 Å². The van der Waals surface area contributed by atoms with Crippen molar-refractivity contribution in [3.05, 3.63) is 41.6 Å². The van der Waals surface area contributed by atoms with Crippen molar-refractivity contribution in [1.82, 2.24) is 39.5 Å². The molecule has 0 bridgehead atoms. The molecule has 0 aliphatic carbocycles. The van der Waals surface area contributed by atoms with Crippen LogP contribution in [0.1, 0.15) is 17.0 Å². The molecule has 10 heteroatoms. The SMILES string of the molecule is Cc1cc(C)c2c(n1)sc1c2ncn2nc(-c3cc(-c4cnn(C)c4C)on3)nc12. The molecule has 0 aromatic carbocycles. The summed E-state index contributed by atoms with van der Waals surface area (Å²) in [5.41, 5.74) is 6.24. The number of hydrogen-bond acceptors (Lipinski definition) is 8. The third-order valence-corrected chi connectivity index (χ3v) is 6.40. The number of rotatable bonds is 2. The van der Waals surface area contributed by atoms with E-state index in [1.165, 1.54) is 0 Å². The number of pyridine rings is 1. The van der Waals surface area contributed by atoms with Gasteiger partial charge in [0, 0.05) is 29.9 Å². The van der Waals surface area contributed by atoms with Gasteiger partial charge in [0.1, 0.15) is 15.9 Å². The van der Waals surface area contributed by atoms with Gasteiger partial charge in [0.2, 0.25) is 5.82 Å². The van der Waals surface area contributed by atoms with Crippen molar-refractivity contribution in [3.63, 3.8) is 0 Å². The van der Waals surface area contributed by atoms with E-state index in [2.05, 4.69) is 38.3 Å². The van der Waals surface area contributed by atoms with E-state index in [0.717, 1.165) is 48.6 Å². The Bertz CT molecular complexity index is 1600. The minimum absolute atomic E-state index is 0.485. The third kappa shape index (κ3) is 2.34. The molecule has 0 unspecified atom stereocenters. The average Bonchev–Trinajstić information content (AvgIpc) is 3.46. The van der Waals surface area contributed by atoms with Crippen molar-refractivity contribution in [2.24, 2.45) is 7.05 Å². The van der Waals surface area contributed by atoms with E-state index in [-0.39, 0.29) is 0 Å². The highest BCUT2D eigenvalue weighted by atomic mass is 32.1. The van der Waals surface area contributed by atoms with E-state index < -0.39 is 0 Å². The summed E-state index contributed by atoms with van der Waals surface area (Å²) in [7, 11) is 1.89. The van der Waals surface area contributed by atoms with Crippen molar-refractivity contribution in [1.29, 1.82) is 0 Å². The summed E-state index contributed by atoms with van der Waals surface area (Å²) in [6.45, 7) is 6.07. The first kappa shape index (κ1) is 17.2. The molecule has 148 valence electrons. The lowest BCUT2D eigenvalue weighted by Crippen LogP contribution is -1.92. The molecule has 0 spiro atoms. The van der Waals surface area contributed by atoms with E-state index in [1.54, 1.807) is 33.1 Å². The molecule has 6 aromatic heterocycles. The van der Waals surface area contributed by atoms with Gasteiger partial charge in [0.25, 0.3) is 0 Å². The predicted octanol–water partition coefficient (Wildman–Crippen LogP) is 3.87. The number of aromatic nitrogens is 8. The number of aryl methyl sites for hydroxylation is 3. The topological polar surface area (TPSA) is 99.8 Å². The van der Waals surface area contributed by atoms with Gasteiger partial charge in [-0.2, -0.15) is 5.10 Å². The Labute approximate surface area is 174 Å². The summed E-state index contributed by atoms with van der Waals surface area (Å²) in [5, 5.41) is 14.1. The number of thiophene rings is 1. The van der Waals surface area contributed by atoms with Gasteiger partial charge in [-0.05, 0) is 32.4 Å². The second kappa shape index (κ2) is 5.92. The highest BCUT2D eigenvalue weighted by molar-refractivity contribution is 7.26. The van der Waals surface area contributed by atoms with Crippen molar-refractivity contribution in [2.75, 3.05) is 0 Å². The lowest BCUT2D eigenvalue weighted by Gasteiger charge is -1.98. The Kier molecular flexibility index (Phi) is 3.40. The third-order valence-electron chi connectivity index (χ3n) is 5.33. The van der Waals surface area contributed by atoms with Gasteiger partial charge >= 0.3 is 0 Å². The molecule has 6 rings (SSSR count). The van der Waals surface area contributed by atoms with Crippen molar-refractivity contribution in [2.45, 2.75) is 20.8 Å². The van der Waals surface area contributed by atoms with Crippen molar-refractivity contribution in [3.8, 4) is 22.8 Å². The van der Waals surface area contributed by atoms with Gasteiger partial charge in [-0.15, -0.1) is 16.4 Å². The van der Waals surface area contributed by atoms with Gasteiger partial charge in [-0.25, -0.2) is 19.5 Å². The van der Waals surface area contributed by atoms with E-state index in [0.29, 0.717) is 17.3 Å². The van der Waals surface area contributed by atoms with Gasteiger partial charge in [0.15, 0.2) is 17.1 Å². The minimum atomic E-state index is 0.485. The molecule has 0 amide bonds. The normalized spacial score (nSPS) is 12.0. The van der Waals surface area contributed by atoms with E-state index in [1.807, 2.05) is 27.0 Å². The van der Waals surface area contributed by atoms with Gasteiger partial charge in [-0.3, -0.25) is 4.68 Å². The summed E-state index contributed by atoms with van der Waals surface area (Å²) in [4.78, 5) is 15.0. The van der Waals surface area contributed by atoms with E-state index in [4.69, 9.17) is 9.51 Å². The minimum Gasteiger partial charge on any atom is -0.355 e. The predicted molar refractivity (Wildman–Crippen MR) is 113 cm³/mol. The van der Waals surface area contributed by atoms with Crippen LogP contribution in [0.4, 0.5) is 0 Å². The molecule has 0 saturated heterocycles. The molecule has 0 radical (unpaired) electrons.